The molecule has 5 aromatic rings. The van der Waals surface area contributed by atoms with E-state index in [1.807, 2.05) is 42.5 Å². The zero-order valence-corrected chi connectivity index (χ0v) is 20.2. The van der Waals surface area contributed by atoms with Gasteiger partial charge in [-0.25, -0.2) is 0 Å². The zero-order valence-electron chi connectivity index (χ0n) is 19.5. The lowest BCUT2D eigenvalue weighted by Crippen LogP contribution is -2.14. The molecule has 0 fully saturated rings. The topological polar surface area (TPSA) is 115 Å². The summed E-state index contributed by atoms with van der Waals surface area (Å²) in [5.74, 6) is 0. The Morgan fingerprint density at radius 2 is 1.86 bits per heavy atom. The summed E-state index contributed by atoms with van der Waals surface area (Å²) in [5.41, 5.74) is 5.27. The number of nitrogens with one attached hydrogen (secondary N) is 3. The first-order chi connectivity index (χ1) is 17.7. The van der Waals surface area contributed by atoms with Crippen molar-refractivity contribution < 1.29 is 0 Å². The van der Waals surface area contributed by atoms with E-state index in [4.69, 9.17) is 11.6 Å². The number of hydrogen-bond acceptors (Lipinski definition) is 7. The number of nitriles is 1. The van der Waals surface area contributed by atoms with Gasteiger partial charge in [-0.3, -0.25) is 9.97 Å². The van der Waals surface area contributed by atoms with Crippen molar-refractivity contribution in [3.8, 4) is 6.07 Å². The lowest BCUT2D eigenvalue weighted by Gasteiger charge is -2.22. The number of halogens is 1. The van der Waals surface area contributed by atoms with Crippen molar-refractivity contribution in [2.45, 2.75) is 25.4 Å². The van der Waals surface area contributed by atoms with E-state index in [1.54, 1.807) is 24.8 Å². The second-order valence-corrected chi connectivity index (χ2v) is 8.69. The Morgan fingerprint density at radius 1 is 1.03 bits per heavy atom. The van der Waals surface area contributed by atoms with Gasteiger partial charge in [-0.2, -0.15) is 20.7 Å². The summed E-state index contributed by atoms with van der Waals surface area (Å²) in [7, 11) is 0. The molecule has 36 heavy (non-hydrogen) atoms. The van der Waals surface area contributed by atoms with Crippen molar-refractivity contribution in [1.29, 1.82) is 5.26 Å². The first kappa shape index (κ1) is 23.3. The molecule has 3 heterocycles. The minimum Gasteiger partial charge on any atom is -0.377 e. The van der Waals surface area contributed by atoms with Crippen LogP contribution in [-0.2, 0) is 0 Å². The third-order valence-electron chi connectivity index (χ3n) is 6.03. The normalized spacial score (nSPS) is 12.6. The average molecular weight is 495 g/mol. The van der Waals surface area contributed by atoms with Crippen LogP contribution in [0, 0.1) is 11.3 Å². The lowest BCUT2D eigenvalue weighted by atomic mass is 10.0. The molecule has 0 bridgehead atoms. The standard InChI is InChI=1S/C27H23ClN8/c1-2-23(17-7-4-3-5-8-17)34-25-19(13-29)15-31-27-21(25)11-20(12-22(27)28)33-26(24-16-32-36-35-24)18-9-6-10-30-14-18/h3-12,14-16,23,26,33H,2H2,1H3,(H,31,34)(H,32,35,36)/t23-,26+/m1/s1. The van der Waals surface area contributed by atoms with E-state index in [9.17, 15) is 5.26 Å². The molecule has 178 valence electrons. The molecule has 2 aromatic carbocycles. The highest BCUT2D eigenvalue weighted by atomic mass is 35.5. The van der Waals surface area contributed by atoms with Crippen molar-refractivity contribution in [3.05, 3.63) is 107 Å². The van der Waals surface area contributed by atoms with Gasteiger partial charge in [0.1, 0.15) is 11.8 Å². The van der Waals surface area contributed by atoms with Gasteiger partial charge in [0.2, 0.25) is 0 Å². The summed E-state index contributed by atoms with van der Waals surface area (Å²) in [6.07, 6.45) is 7.57. The van der Waals surface area contributed by atoms with E-state index < -0.39 is 0 Å². The monoisotopic (exact) mass is 494 g/mol. The highest BCUT2D eigenvalue weighted by Gasteiger charge is 2.20. The Kier molecular flexibility index (Phi) is 6.74. The smallest absolute Gasteiger partial charge is 0.109 e. The average Bonchev–Trinajstić information content (AvgIpc) is 3.46. The summed E-state index contributed by atoms with van der Waals surface area (Å²) in [6.45, 7) is 2.11. The van der Waals surface area contributed by atoms with Crippen molar-refractivity contribution in [2.75, 3.05) is 10.6 Å². The summed E-state index contributed by atoms with van der Waals surface area (Å²) < 4.78 is 0. The van der Waals surface area contributed by atoms with Crippen LogP contribution in [0.1, 0.15) is 47.8 Å². The summed E-state index contributed by atoms with van der Waals surface area (Å²) in [4.78, 5) is 8.74. The lowest BCUT2D eigenvalue weighted by molar-refractivity contribution is 0.750. The fourth-order valence-corrected chi connectivity index (χ4v) is 4.52. The van der Waals surface area contributed by atoms with Crippen LogP contribution >= 0.6 is 11.6 Å². The molecule has 0 radical (unpaired) electrons. The van der Waals surface area contributed by atoms with E-state index in [-0.39, 0.29) is 12.1 Å². The number of anilines is 2. The third kappa shape index (κ3) is 4.69. The molecule has 3 N–H and O–H groups in total. The first-order valence-electron chi connectivity index (χ1n) is 11.5. The molecule has 0 saturated heterocycles. The fourth-order valence-electron chi connectivity index (χ4n) is 4.25. The maximum absolute atomic E-state index is 9.89. The van der Waals surface area contributed by atoms with Crippen LogP contribution in [0.5, 0.6) is 0 Å². The van der Waals surface area contributed by atoms with Crippen molar-refractivity contribution in [3.63, 3.8) is 0 Å². The molecule has 0 saturated carbocycles. The number of nitrogens with zero attached hydrogens (tertiary/aromatic N) is 5. The minimum atomic E-state index is -0.317. The molecule has 0 aliphatic carbocycles. The van der Waals surface area contributed by atoms with Crippen LogP contribution in [0.4, 0.5) is 11.4 Å². The van der Waals surface area contributed by atoms with Gasteiger partial charge >= 0.3 is 0 Å². The Morgan fingerprint density at radius 3 is 2.56 bits per heavy atom. The van der Waals surface area contributed by atoms with E-state index >= 15 is 0 Å². The van der Waals surface area contributed by atoms with Crippen molar-refractivity contribution in [2.24, 2.45) is 0 Å². The number of hydrogen-bond donors (Lipinski definition) is 3. The molecular weight excluding hydrogens is 472 g/mol. The Bertz CT molecular complexity index is 1500. The summed E-state index contributed by atoms with van der Waals surface area (Å²) in [6, 6.07) is 19.8. The van der Waals surface area contributed by atoms with E-state index in [0.29, 0.717) is 27.5 Å². The Hall–Kier alpha value is -4.48. The molecule has 0 aliphatic heterocycles. The fraction of sp³-hybridized carbons (Fsp3) is 0.148. The largest absolute Gasteiger partial charge is 0.377 e. The van der Waals surface area contributed by atoms with Gasteiger partial charge in [0.15, 0.2) is 0 Å². The van der Waals surface area contributed by atoms with Gasteiger partial charge in [-0.1, -0.05) is 54.9 Å². The Labute approximate surface area is 213 Å². The third-order valence-corrected chi connectivity index (χ3v) is 6.32. The number of benzene rings is 2. The van der Waals surface area contributed by atoms with E-state index in [2.05, 4.69) is 61.1 Å². The van der Waals surface area contributed by atoms with Gasteiger partial charge in [0, 0.05) is 29.7 Å². The molecule has 2 atom stereocenters. The van der Waals surface area contributed by atoms with Crippen LogP contribution in [0.3, 0.4) is 0 Å². The van der Waals surface area contributed by atoms with Crippen LogP contribution in [0.25, 0.3) is 10.9 Å². The van der Waals surface area contributed by atoms with Crippen LogP contribution in [0.15, 0.2) is 79.4 Å². The van der Waals surface area contributed by atoms with Crippen LogP contribution in [-0.4, -0.2) is 25.4 Å². The van der Waals surface area contributed by atoms with E-state index in [0.717, 1.165) is 28.6 Å². The summed E-state index contributed by atoms with van der Waals surface area (Å²) >= 11 is 6.71. The molecule has 0 aliphatic rings. The number of fused-ring (bicyclic) bond motifs is 1. The quantitative estimate of drug-likeness (QED) is 0.241. The second kappa shape index (κ2) is 10.4. The molecule has 0 amide bonds. The number of H-pyrrole nitrogens is 1. The van der Waals surface area contributed by atoms with Crippen molar-refractivity contribution >= 4 is 33.9 Å². The predicted octanol–water partition coefficient (Wildman–Crippen LogP) is 6.04. The highest BCUT2D eigenvalue weighted by Crippen LogP contribution is 2.37. The van der Waals surface area contributed by atoms with Crippen LogP contribution < -0.4 is 10.6 Å². The molecule has 0 spiro atoms. The predicted molar refractivity (Wildman–Crippen MR) is 141 cm³/mol. The molecule has 9 heteroatoms. The Balaban J connectivity index is 1.60. The molecule has 3 aromatic heterocycles. The zero-order chi connectivity index (χ0) is 24.9. The van der Waals surface area contributed by atoms with Gasteiger partial charge in [0.05, 0.1) is 40.1 Å². The molecular formula is C27H23ClN8. The van der Waals surface area contributed by atoms with Gasteiger partial charge in [-0.15, -0.1) is 0 Å². The second-order valence-electron chi connectivity index (χ2n) is 8.29. The van der Waals surface area contributed by atoms with Gasteiger partial charge in [0.25, 0.3) is 0 Å². The van der Waals surface area contributed by atoms with Crippen LogP contribution in [0.2, 0.25) is 5.02 Å². The SMILES string of the molecule is CC[C@@H](Nc1c(C#N)cnc2c(Cl)cc(N[C@@H](c3cccnc3)c3cn[nH]n3)cc12)c1ccccc1. The molecule has 8 nitrogen and oxygen atoms in total. The maximum Gasteiger partial charge on any atom is 0.109 e. The highest BCUT2D eigenvalue weighted by molar-refractivity contribution is 6.35. The number of aromatic amines is 1. The van der Waals surface area contributed by atoms with E-state index in [1.165, 1.54) is 0 Å². The maximum atomic E-state index is 9.89. The minimum absolute atomic E-state index is 0.0116. The van der Waals surface area contributed by atoms with Crippen molar-refractivity contribution in [1.82, 2.24) is 25.4 Å². The van der Waals surface area contributed by atoms with Gasteiger partial charge in [-0.05, 0) is 35.7 Å². The molecule has 0 unspecified atom stereocenters. The first-order valence-corrected chi connectivity index (χ1v) is 11.9. The van der Waals surface area contributed by atoms with Gasteiger partial charge < -0.3 is 10.6 Å². The summed E-state index contributed by atoms with van der Waals surface area (Å²) in [5, 5.41) is 29.1. The number of aromatic nitrogens is 5. The molecule has 5 rings (SSSR count). The number of rotatable bonds is 8. The number of pyridine rings is 2.